The molecule has 1 aromatic carbocycles. The molecule has 1 aromatic rings. The first-order valence-electron chi connectivity index (χ1n) is 12.5. The smallest absolute Gasteiger partial charge is 0.335 e. The minimum Gasteiger partial charge on any atom is -0.497 e. The SMILES string of the molecule is CCOP(OCC)OC1C[C@@H](O[Si](CC)(CC)CC)[C@@H]2OC(c3ccc(OC)cc3)OC[C@H]2O1. The Balaban J connectivity index is 1.78. The highest BCUT2D eigenvalue weighted by Crippen LogP contribution is 2.45. The average molecular weight is 517 g/mol. The molecule has 2 aliphatic rings. The van der Waals surface area contributed by atoms with E-state index < -0.39 is 29.5 Å². The van der Waals surface area contributed by atoms with Gasteiger partial charge in [0.1, 0.15) is 18.0 Å². The van der Waals surface area contributed by atoms with Crippen LogP contribution in [0, 0.1) is 0 Å². The molecule has 2 heterocycles. The van der Waals surface area contributed by atoms with Crippen molar-refractivity contribution in [3.8, 4) is 5.75 Å². The summed E-state index contributed by atoms with van der Waals surface area (Å²) in [5, 5.41) is 0. The summed E-state index contributed by atoms with van der Waals surface area (Å²) in [5.74, 6) is 0.796. The van der Waals surface area contributed by atoms with Gasteiger partial charge in [0.25, 0.3) is 0 Å². The molecule has 10 heteroatoms. The van der Waals surface area contributed by atoms with Gasteiger partial charge in [-0.05, 0) is 44.1 Å². The number of hydrogen-bond donors (Lipinski definition) is 0. The van der Waals surface area contributed by atoms with Gasteiger partial charge in [0.2, 0.25) is 0 Å². The first kappa shape index (κ1) is 28.0. The molecule has 8 nitrogen and oxygen atoms in total. The lowest BCUT2D eigenvalue weighted by Crippen LogP contribution is -2.58. The fourth-order valence-corrected chi connectivity index (χ4v) is 8.23. The second-order valence-corrected chi connectivity index (χ2v) is 14.3. The van der Waals surface area contributed by atoms with Gasteiger partial charge in [-0.2, -0.15) is 0 Å². The van der Waals surface area contributed by atoms with Crippen LogP contribution >= 0.6 is 8.60 Å². The Kier molecular flexibility index (Phi) is 11.2. The first-order chi connectivity index (χ1) is 16.5. The summed E-state index contributed by atoms with van der Waals surface area (Å²) in [6, 6.07) is 10.9. The lowest BCUT2D eigenvalue weighted by atomic mass is 10.0. The van der Waals surface area contributed by atoms with Crippen molar-refractivity contribution < 1.29 is 36.9 Å². The Labute approximate surface area is 206 Å². The predicted molar refractivity (Wildman–Crippen MR) is 133 cm³/mol. The molecule has 0 radical (unpaired) electrons. The van der Waals surface area contributed by atoms with E-state index in [4.69, 9.17) is 36.9 Å². The summed E-state index contributed by atoms with van der Waals surface area (Å²) < 4.78 is 48.5. The Morgan fingerprint density at radius 1 is 0.941 bits per heavy atom. The van der Waals surface area contributed by atoms with Crippen molar-refractivity contribution in [3.63, 3.8) is 0 Å². The van der Waals surface area contributed by atoms with E-state index in [1.807, 2.05) is 38.1 Å². The van der Waals surface area contributed by atoms with E-state index in [0.717, 1.165) is 29.4 Å². The van der Waals surface area contributed by atoms with E-state index >= 15 is 0 Å². The molecule has 3 rings (SSSR count). The van der Waals surface area contributed by atoms with E-state index in [9.17, 15) is 0 Å². The van der Waals surface area contributed by atoms with Gasteiger partial charge in [0.05, 0.1) is 33.0 Å². The largest absolute Gasteiger partial charge is 0.497 e. The average Bonchev–Trinajstić information content (AvgIpc) is 2.87. The van der Waals surface area contributed by atoms with Crippen LogP contribution in [0.4, 0.5) is 0 Å². The van der Waals surface area contributed by atoms with Crippen molar-refractivity contribution in [1.29, 1.82) is 0 Å². The fourth-order valence-electron chi connectivity index (χ4n) is 4.41. The molecule has 2 aliphatic heterocycles. The van der Waals surface area contributed by atoms with Crippen molar-refractivity contribution in [2.75, 3.05) is 26.9 Å². The van der Waals surface area contributed by atoms with Gasteiger partial charge >= 0.3 is 8.60 Å². The molecule has 2 unspecified atom stereocenters. The van der Waals surface area contributed by atoms with Crippen LogP contribution in [0.2, 0.25) is 18.1 Å². The Hall–Kier alpha value is -0.613. The van der Waals surface area contributed by atoms with Crippen LogP contribution < -0.4 is 4.74 Å². The third-order valence-electron chi connectivity index (χ3n) is 6.57. The van der Waals surface area contributed by atoms with Gasteiger partial charge in [-0.15, -0.1) is 0 Å². The minimum atomic E-state index is -1.90. The maximum absolute atomic E-state index is 6.95. The number of hydrogen-bond acceptors (Lipinski definition) is 8. The lowest BCUT2D eigenvalue weighted by molar-refractivity contribution is -0.326. The van der Waals surface area contributed by atoms with Gasteiger partial charge in [-0.3, -0.25) is 4.52 Å². The summed E-state index contributed by atoms with van der Waals surface area (Å²) in [4.78, 5) is 0. The molecule has 5 atom stereocenters. The van der Waals surface area contributed by atoms with Gasteiger partial charge in [0, 0.05) is 12.0 Å². The predicted octanol–water partition coefficient (Wildman–Crippen LogP) is 5.93. The molecular weight excluding hydrogens is 475 g/mol. The van der Waals surface area contributed by atoms with Crippen LogP contribution in [-0.2, 0) is 32.2 Å². The molecule has 0 aromatic heterocycles. The topological polar surface area (TPSA) is 73.8 Å². The van der Waals surface area contributed by atoms with Gasteiger partial charge in [0.15, 0.2) is 20.9 Å². The van der Waals surface area contributed by atoms with Crippen LogP contribution in [0.15, 0.2) is 24.3 Å². The van der Waals surface area contributed by atoms with E-state index in [-0.39, 0.29) is 18.3 Å². The van der Waals surface area contributed by atoms with E-state index in [1.54, 1.807) is 7.11 Å². The molecule has 0 spiro atoms. The van der Waals surface area contributed by atoms with Gasteiger partial charge < -0.3 is 32.4 Å². The quantitative estimate of drug-likeness (QED) is 0.236. The molecule has 0 saturated carbocycles. The van der Waals surface area contributed by atoms with Crippen LogP contribution in [0.25, 0.3) is 0 Å². The highest BCUT2D eigenvalue weighted by atomic mass is 31.2. The van der Waals surface area contributed by atoms with Crippen molar-refractivity contribution in [3.05, 3.63) is 29.8 Å². The van der Waals surface area contributed by atoms with Crippen molar-refractivity contribution >= 4 is 16.9 Å². The summed E-state index contributed by atoms with van der Waals surface area (Å²) in [6.45, 7) is 12.0. The standard InChI is InChI=1S/C24H41O8PSi/c1-7-27-33(28-8-2)31-22-16-20(32-34(9-3,10-4)11-5)23-21(29-22)17-26-24(30-23)18-12-14-19(25-6)15-13-18/h12-15,20-24H,7-11,16-17H2,1-6H3/t20-,21-,22?,23+,24?/m1/s1. The monoisotopic (exact) mass is 516 g/mol. The molecule has 0 bridgehead atoms. The Morgan fingerprint density at radius 2 is 1.59 bits per heavy atom. The third-order valence-corrected chi connectivity index (χ3v) is 12.6. The van der Waals surface area contributed by atoms with E-state index in [1.165, 1.54) is 0 Å². The summed E-state index contributed by atoms with van der Waals surface area (Å²) in [5.41, 5.74) is 0.942. The van der Waals surface area contributed by atoms with Crippen molar-refractivity contribution in [2.24, 2.45) is 0 Å². The summed E-state index contributed by atoms with van der Waals surface area (Å²) >= 11 is 0. The molecule has 0 N–H and O–H groups in total. The van der Waals surface area contributed by atoms with Crippen molar-refractivity contribution in [1.82, 2.24) is 0 Å². The number of methoxy groups -OCH3 is 1. The molecule has 34 heavy (non-hydrogen) atoms. The van der Waals surface area contributed by atoms with Gasteiger partial charge in [-0.1, -0.05) is 32.9 Å². The molecule has 0 aliphatic carbocycles. The Bertz CT molecular complexity index is 705. The van der Waals surface area contributed by atoms with Gasteiger partial charge in [-0.25, -0.2) is 0 Å². The number of rotatable bonds is 13. The molecule has 0 amide bonds. The second kappa shape index (κ2) is 13.6. The van der Waals surface area contributed by atoms with E-state index in [0.29, 0.717) is 26.2 Å². The zero-order chi connectivity index (χ0) is 24.6. The number of benzene rings is 1. The second-order valence-electron chi connectivity index (χ2n) is 8.44. The highest BCUT2D eigenvalue weighted by Gasteiger charge is 2.48. The fraction of sp³-hybridized carbons (Fsp3) is 0.750. The van der Waals surface area contributed by atoms with Crippen LogP contribution in [0.5, 0.6) is 5.75 Å². The lowest BCUT2D eigenvalue weighted by Gasteiger charge is -2.48. The highest BCUT2D eigenvalue weighted by molar-refractivity contribution is 7.41. The molecular formula is C24H41O8PSi. The summed E-state index contributed by atoms with van der Waals surface area (Å²) in [7, 11) is -1.73. The molecule has 194 valence electrons. The zero-order valence-corrected chi connectivity index (χ0v) is 23.3. The van der Waals surface area contributed by atoms with Crippen LogP contribution in [0.3, 0.4) is 0 Å². The minimum absolute atomic E-state index is 0.153. The molecule has 2 fully saturated rings. The third kappa shape index (κ3) is 6.99. The summed E-state index contributed by atoms with van der Waals surface area (Å²) in [6.07, 6.45) is -1.12. The maximum atomic E-state index is 6.95. The van der Waals surface area contributed by atoms with E-state index in [2.05, 4.69) is 20.8 Å². The van der Waals surface area contributed by atoms with Crippen molar-refractivity contribution in [2.45, 2.75) is 90.1 Å². The zero-order valence-electron chi connectivity index (χ0n) is 21.4. The van der Waals surface area contributed by atoms with Crippen LogP contribution in [0.1, 0.15) is 52.9 Å². The maximum Gasteiger partial charge on any atom is 0.335 e. The number of fused-ring (bicyclic) bond motifs is 1. The Morgan fingerprint density at radius 3 is 2.15 bits per heavy atom. The number of ether oxygens (including phenoxy) is 4. The molecule has 2 saturated heterocycles. The van der Waals surface area contributed by atoms with Crippen LogP contribution in [-0.4, -0.2) is 59.8 Å². The first-order valence-corrected chi connectivity index (χ1v) is 16.1. The normalized spacial score (nSPS) is 27.6.